The van der Waals surface area contributed by atoms with Crippen LogP contribution in [0.4, 0.5) is 4.39 Å². The number of ether oxygens (including phenoxy) is 1. The van der Waals surface area contributed by atoms with Crippen molar-refractivity contribution in [1.82, 2.24) is 9.55 Å². The molecule has 0 saturated heterocycles. The van der Waals surface area contributed by atoms with E-state index in [2.05, 4.69) is 9.55 Å². The molecular formula is C15H15FN2O2. The van der Waals surface area contributed by atoms with Crippen LogP contribution in [0.15, 0.2) is 30.7 Å². The Balaban J connectivity index is 1.69. The zero-order valence-corrected chi connectivity index (χ0v) is 10.9. The Labute approximate surface area is 115 Å². The molecule has 2 aromatic rings. The molecule has 1 N–H and O–H groups in total. The molecule has 4 rings (SSSR count). The summed E-state index contributed by atoms with van der Waals surface area (Å²) in [5.74, 6) is 0.0737. The third-order valence-electron chi connectivity index (χ3n) is 4.01. The van der Waals surface area contributed by atoms with E-state index in [-0.39, 0.29) is 11.9 Å². The minimum Gasteiger partial charge on any atom is -0.484 e. The lowest BCUT2D eigenvalue weighted by molar-refractivity contribution is 0.0614. The van der Waals surface area contributed by atoms with Gasteiger partial charge in [0, 0.05) is 24.1 Å². The lowest BCUT2D eigenvalue weighted by Crippen LogP contribution is -2.21. The highest BCUT2D eigenvalue weighted by atomic mass is 19.1. The van der Waals surface area contributed by atoms with E-state index in [0.717, 1.165) is 18.5 Å². The Bertz CT molecular complexity index is 651. The van der Waals surface area contributed by atoms with Crippen LogP contribution in [0.3, 0.4) is 0 Å². The largest absolute Gasteiger partial charge is 0.484 e. The van der Waals surface area contributed by atoms with Crippen LogP contribution in [0.1, 0.15) is 48.8 Å². The molecule has 5 heteroatoms. The summed E-state index contributed by atoms with van der Waals surface area (Å²) in [5, 5.41) is 10.2. The Morgan fingerprint density at radius 1 is 1.35 bits per heavy atom. The van der Waals surface area contributed by atoms with Gasteiger partial charge in [-0.05, 0) is 25.0 Å². The first-order valence-corrected chi connectivity index (χ1v) is 6.88. The molecule has 20 heavy (non-hydrogen) atoms. The maximum absolute atomic E-state index is 13.3. The van der Waals surface area contributed by atoms with Crippen LogP contribution in [-0.2, 0) is 0 Å². The van der Waals surface area contributed by atoms with E-state index in [1.54, 1.807) is 12.3 Å². The zero-order chi connectivity index (χ0) is 13.7. The van der Waals surface area contributed by atoms with Gasteiger partial charge in [-0.2, -0.15) is 0 Å². The second kappa shape index (κ2) is 4.31. The van der Waals surface area contributed by atoms with Crippen molar-refractivity contribution in [2.24, 2.45) is 0 Å². The highest BCUT2D eigenvalue weighted by Crippen LogP contribution is 2.43. The Morgan fingerprint density at radius 3 is 3.00 bits per heavy atom. The minimum atomic E-state index is -0.632. The van der Waals surface area contributed by atoms with E-state index >= 15 is 0 Å². The van der Waals surface area contributed by atoms with Crippen molar-refractivity contribution in [2.45, 2.75) is 37.5 Å². The molecule has 2 unspecified atom stereocenters. The maximum Gasteiger partial charge on any atom is 0.143 e. The highest BCUT2D eigenvalue weighted by Gasteiger charge is 2.33. The average molecular weight is 274 g/mol. The zero-order valence-electron chi connectivity index (χ0n) is 10.9. The maximum atomic E-state index is 13.3. The number of benzene rings is 1. The van der Waals surface area contributed by atoms with Crippen molar-refractivity contribution in [3.63, 3.8) is 0 Å². The number of hydrogen-bond donors (Lipinski definition) is 1. The Morgan fingerprint density at radius 2 is 2.20 bits per heavy atom. The fraction of sp³-hybridized carbons (Fsp3) is 0.400. The molecule has 1 saturated carbocycles. The molecular weight excluding hydrogens is 259 g/mol. The molecule has 1 fully saturated rings. The fourth-order valence-corrected chi connectivity index (χ4v) is 2.82. The monoisotopic (exact) mass is 274 g/mol. The van der Waals surface area contributed by atoms with E-state index in [1.165, 1.54) is 12.1 Å². The number of aromatic nitrogens is 2. The summed E-state index contributed by atoms with van der Waals surface area (Å²) in [7, 11) is 0. The SMILES string of the molecule is OC1CC(c2cncn2C2CC2)Oc2cc(F)ccc21. The molecule has 2 atom stereocenters. The summed E-state index contributed by atoms with van der Waals surface area (Å²) in [6.45, 7) is 0. The van der Waals surface area contributed by atoms with Crippen LogP contribution in [0.2, 0.25) is 0 Å². The molecule has 0 amide bonds. The van der Waals surface area contributed by atoms with Gasteiger partial charge in [0.05, 0.1) is 24.3 Å². The number of imidazole rings is 1. The molecule has 1 aliphatic carbocycles. The van der Waals surface area contributed by atoms with Crippen LogP contribution in [0.25, 0.3) is 0 Å². The van der Waals surface area contributed by atoms with Crippen molar-refractivity contribution < 1.29 is 14.2 Å². The number of hydrogen-bond acceptors (Lipinski definition) is 3. The third kappa shape index (κ3) is 1.89. The first-order valence-electron chi connectivity index (χ1n) is 6.88. The smallest absolute Gasteiger partial charge is 0.143 e. The lowest BCUT2D eigenvalue weighted by Gasteiger charge is -2.30. The topological polar surface area (TPSA) is 47.3 Å². The van der Waals surface area contributed by atoms with Crippen molar-refractivity contribution in [1.29, 1.82) is 0 Å². The first-order chi connectivity index (χ1) is 9.72. The van der Waals surface area contributed by atoms with Crippen LogP contribution in [-0.4, -0.2) is 14.7 Å². The van der Waals surface area contributed by atoms with Gasteiger partial charge in [-0.15, -0.1) is 0 Å². The molecule has 2 heterocycles. The number of aliphatic hydroxyl groups is 1. The number of nitrogens with zero attached hydrogens (tertiary/aromatic N) is 2. The number of aliphatic hydroxyl groups excluding tert-OH is 1. The second-order valence-corrected chi connectivity index (χ2v) is 5.50. The van der Waals surface area contributed by atoms with Gasteiger partial charge in [0.2, 0.25) is 0 Å². The van der Waals surface area contributed by atoms with Crippen LogP contribution in [0, 0.1) is 5.82 Å². The summed E-state index contributed by atoms with van der Waals surface area (Å²) in [6.07, 6.45) is 5.46. The van der Waals surface area contributed by atoms with Gasteiger partial charge in [0.25, 0.3) is 0 Å². The Kier molecular flexibility index (Phi) is 2.57. The van der Waals surface area contributed by atoms with Gasteiger partial charge in [0.15, 0.2) is 0 Å². The molecule has 104 valence electrons. The van der Waals surface area contributed by atoms with E-state index in [4.69, 9.17) is 4.74 Å². The predicted octanol–water partition coefficient (Wildman–Crippen LogP) is 2.91. The molecule has 1 aromatic heterocycles. The van der Waals surface area contributed by atoms with Gasteiger partial charge < -0.3 is 14.4 Å². The molecule has 2 aliphatic rings. The number of halogens is 1. The first kappa shape index (κ1) is 11.9. The predicted molar refractivity (Wildman–Crippen MR) is 69.8 cm³/mol. The summed E-state index contributed by atoms with van der Waals surface area (Å²) >= 11 is 0. The molecule has 0 radical (unpaired) electrons. The van der Waals surface area contributed by atoms with E-state index in [1.807, 2.05) is 6.33 Å². The summed E-state index contributed by atoms with van der Waals surface area (Å²) < 4.78 is 21.3. The highest BCUT2D eigenvalue weighted by molar-refractivity contribution is 5.38. The van der Waals surface area contributed by atoms with Crippen LogP contribution in [0.5, 0.6) is 5.75 Å². The van der Waals surface area contributed by atoms with E-state index in [0.29, 0.717) is 23.8 Å². The molecule has 1 aromatic carbocycles. The van der Waals surface area contributed by atoms with Gasteiger partial charge in [0.1, 0.15) is 17.7 Å². The van der Waals surface area contributed by atoms with Gasteiger partial charge in [-0.3, -0.25) is 0 Å². The third-order valence-corrected chi connectivity index (χ3v) is 4.01. The second-order valence-electron chi connectivity index (χ2n) is 5.50. The van der Waals surface area contributed by atoms with Crippen molar-refractivity contribution in [2.75, 3.05) is 0 Å². The van der Waals surface area contributed by atoms with Crippen LogP contribution < -0.4 is 4.74 Å². The minimum absolute atomic E-state index is 0.276. The van der Waals surface area contributed by atoms with Crippen molar-refractivity contribution >= 4 is 0 Å². The van der Waals surface area contributed by atoms with Crippen LogP contribution >= 0.6 is 0 Å². The molecule has 1 aliphatic heterocycles. The van der Waals surface area contributed by atoms with E-state index < -0.39 is 6.10 Å². The average Bonchev–Trinajstić information content (AvgIpc) is 3.15. The van der Waals surface area contributed by atoms with Crippen molar-refractivity contribution in [3.05, 3.63) is 47.8 Å². The number of fused-ring (bicyclic) bond motifs is 1. The summed E-state index contributed by atoms with van der Waals surface area (Å²) in [5.41, 5.74) is 1.61. The number of rotatable bonds is 2. The fourth-order valence-electron chi connectivity index (χ4n) is 2.82. The normalized spacial score (nSPS) is 25.1. The Hall–Kier alpha value is -1.88. The summed E-state index contributed by atoms with van der Waals surface area (Å²) in [6, 6.07) is 4.77. The van der Waals surface area contributed by atoms with E-state index in [9.17, 15) is 9.50 Å². The van der Waals surface area contributed by atoms with Gasteiger partial charge in [-0.1, -0.05) is 0 Å². The van der Waals surface area contributed by atoms with Crippen molar-refractivity contribution in [3.8, 4) is 5.75 Å². The summed E-state index contributed by atoms with van der Waals surface area (Å²) in [4.78, 5) is 4.18. The molecule has 4 nitrogen and oxygen atoms in total. The molecule has 0 spiro atoms. The lowest BCUT2D eigenvalue weighted by atomic mass is 9.97. The molecule has 0 bridgehead atoms. The quantitative estimate of drug-likeness (QED) is 0.916. The van der Waals surface area contributed by atoms with Gasteiger partial charge >= 0.3 is 0 Å². The van der Waals surface area contributed by atoms with Gasteiger partial charge in [-0.25, -0.2) is 9.37 Å². The standard InChI is InChI=1S/C15H15FN2O2/c16-9-1-4-11-13(19)6-15(20-14(11)5-9)12-7-17-8-18(12)10-2-3-10/h1,4-5,7-8,10,13,15,19H,2-3,6H2.